The van der Waals surface area contributed by atoms with Crippen molar-refractivity contribution in [1.82, 2.24) is 0 Å². The highest BCUT2D eigenvalue weighted by Gasteiger charge is 2.11. The normalized spacial score (nSPS) is 10.3. The second-order valence-corrected chi connectivity index (χ2v) is 4.42. The fraction of sp³-hybridized carbons (Fsp3) is 0.188. The summed E-state index contributed by atoms with van der Waals surface area (Å²) in [6, 6.07) is 8.58. The average molecular weight is 292 g/mol. The molecule has 0 atom stereocenters. The molecule has 0 fully saturated rings. The summed E-state index contributed by atoms with van der Waals surface area (Å²) in [4.78, 5) is 11.3. The predicted octanol–water partition coefficient (Wildman–Crippen LogP) is 3.76. The SMILES string of the molecule is COc1cc(C(C)=O)ccc1OCc1cccc(F)c1F. The minimum Gasteiger partial charge on any atom is -0.493 e. The van der Waals surface area contributed by atoms with Crippen LogP contribution >= 0.6 is 0 Å². The maximum Gasteiger partial charge on any atom is 0.165 e. The van der Waals surface area contributed by atoms with Gasteiger partial charge in [-0.1, -0.05) is 12.1 Å². The Morgan fingerprint density at radius 1 is 1.14 bits per heavy atom. The van der Waals surface area contributed by atoms with E-state index in [0.29, 0.717) is 17.1 Å². The molecular formula is C16H14F2O3. The van der Waals surface area contributed by atoms with E-state index in [0.717, 1.165) is 6.07 Å². The van der Waals surface area contributed by atoms with Crippen LogP contribution in [0.5, 0.6) is 11.5 Å². The molecular weight excluding hydrogens is 278 g/mol. The van der Waals surface area contributed by atoms with Crippen LogP contribution in [-0.2, 0) is 6.61 Å². The van der Waals surface area contributed by atoms with Crippen molar-refractivity contribution in [2.24, 2.45) is 0 Å². The largest absolute Gasteiger partial charge is 0.493 e. The Balaban J connectivity index is 2.20. The molecule has 0 N–H and O–H groups in total. The Labute approximate surface area is 121 Å². The molecule has 2 aromatic carbocycles. The summed E-state index contributed by atoms with van der Waals surface area (Å²) < 4.78 is 37.2. The molecule has 5 heteroatoms. The molecule has 0 amide bonds. The summed E-state index contributed by atoms with van der Waals surface area (Å²) in [5, 5.41) is 0. The third kappa shape index (κ3) is 3.37. The number of benzene rings is 2. The molecule has 0 aliphatic carbocycles. The quantitative estimate of drug-likeness (QED) is 0.787. The first-order valence-electron chi connectivity index (χ1n) is 6.27. The monoisotopic (exact) mass is 292 g/mol. The van der Waals surface area contributed by atoms with Gasteiger partial charge in [0.05, 0.1) is 7.11 Å². The first kappa shape index (κ1) is 15.0. The van der Waals surface area contributed by atoms with Crippen molar-refractivity contribution in [2.45, 2.75) is 13.5 Å². The molecule has 0 radical (unpaired) electrons. The van der Waals surface area contributed by atoms with Gasteiger partial charge in [-0.15, -0.1) is 0 Å². The molecule has 0 aliphatic rings. The van der Waals surface area contributed by atoms with Crippen molar-refractivity contribution in [2.75, 3.05) is 7.11 Å². The molecule has 0 aromatic heterocycles. The number of methoxy groups -OCH3 is 1. The van der Waals surface area contributed by atoms with E-state index >= 15 is 0 Å². The van der Waals surface area contributed by atoms with Crippen LogP contribution < -0.4 is 9.47 Å². The Morgan fingerprint density at radius 3 is 2.57 bits per heavy atom. The first-order valence-corrected chi connectivity index (χ1v) is 6.27. The molecule has 110 valence electrons. The third-order valence-electron chi connectivity index (χ3n) is 2.98. The van der Waals surface area contributed by atoms with Crippen LogP contribution in [0.4, 0.5) is 8.78 Å². The van der Waals surface area contributed by atoms with E-state index in [2.05, 4.69) is 0 Å². The molecule has 2 aromatic rings. The minimum atomic E-state index is -0.933. The zero-order chi connectivity index (χ0) is 15.4. The first-order chi connectivity index (χ1) is 10.0. The topological polar surface area (TPSA) is 35.5 Å². The molecule has 0 saturated carbocycles. The number of ketones is 1. The Bertz CT molecular complexity index is 669. The number of carbonyl (C=O) groups is 1. The fourth-order valence-electron chi connectivity index (χ4n) is 1.82. The summed E-state index contributed by atoms with van der Waals surface area (Å²) >= 11 is 0. The lowest BCUT2D eigenvalue weighted by molar-refractivity contribution is 0.101. The predicted molar refractivity (Wildman–Crippen MR) is 73.7 cm³/mol. The highest BCUT2D eigenvalue weighted by atomic mass is 19.2. The van der Waals surface area contributed by atoms with Gasteiger partial charge in [0, 0.05) is 11.1 Å². The smallest absolute Gasteiger partial charge is 0.165 e. The molecule has 2 rings (SSSR count). The number of Topliss-reactive ketones (excluding diaryl/α,β-unsaturated/α-hetero) is 1. The van der Waals surface area contributed by atoms with Gasteiger partial charge in [0.15, 0.2) is 28.9 Å². The van der Waals surface area contributed by atoms with Crippen LogP contribution in [0, 0.1) is 11.6 Å². The second-order valence-electron chi connectivity index (χ2n) is 4.42. The van der Waals surface area contributed by atoms with Gasteiger partial charge in [0.2, 0.25) is 0 Å². The number of carbonyl (C=O) groups excluding carboxylic acids is 1. The lowest BCUT2D eigenvalue weighted by Gasteiger charge is -2.12. The summed E-state index contributed by atoms with van der Waals surface area (Å²) in [5.41, 5.74) is 0.587. The van der Waals surface area contributed by atoms with E-state index in [9.17, 15) is 13.6 Å². The van der Waals surface area contributed by atoms with E-state index in [1.165, 1.54) is 26.2 Å². The number of hydrogen-bond acceptors (Lipinski definition) is 3. The van der Waals surface area contributed by atoms with Crippen molar-refractivity contribution in [3.8, 4) is 11.5 Å². The lowest BCUT2D eigenvalue weighted by atomic mass is 10.1. The highest BCUT2D eigenvalue weighted by Crippen LogP contribution is 2.29. The standard InChI is InChI=1S/C16H14F2O3/c1-10(19)11-6-7-14(15(8-11)20-2)21-9-12-4-3-5-13(17)16(12)18/h3-8H,9H2,1-2H3. The summed E-state index contributed by atoms with van der Waals surface area (Å²) in [7, 11) is 1.44. The van der Waals surface area contributed by atoms with Gasteiger partial charge in [-0.3, -0.25) is 4.79 Å². The van der Waals surface area contributed by atoms with Crippen molar-refractivity contribution in [3.63, 3.8) is 0 Å². The van der Waals surface area contributed by atoms with Crippen molar-refractivity contribution < 1.29 is 23.0 Å². The van der Waals surface area contributed by atoms with Gasteiger partial charge in [-0.2, -0.15) is 0 Å². The molecule has 0 bridgehead atoms. The van der Waals surface area contributed by atoms with E-state index < -0.39 is 11.6 Å². The number of ether oxygens (including phenoxy) is 2. The van der Waals surface area contributed by atoms with Gasteiger partial charge in [-0.05, 0) is 31.2 Å². The Morgan fingerprint density at radius 2 is 1.90 bits per heavy atom. The van der Waals surface area contributed by atoms with Crippen molar-refractivity contribution in [1.29, 1.82) is 0 Å². The molecule has 0 unspecified atom stereocenters. The second kappa shape index (κ2) is 6.35. The van der Waals surface area contributed by atoms with Gasteiger partial charge >= 0.3 is 0 Å². The highest BCUT2D eigenvalue weighted by molar-refractivity contribution is 5.94. The average Bonchev–Trinajstić information content (AvgIpc) is 2.48. The lowest BCUT2D eigenvalue weighted by Crippen LogP contribution is -2.02. The van der Waals surface area contributed by atoms with Gasteiger partial charge < -0.3 is 9.47 Å². The van der Waals surface area contributed by atoms with Crippen LogP contribution in [0.2, 0.25) is 0 Å². The summed E-state index contributed by atoms with van der Waals surface area (Å²) in [5.74, 6) is -1.24. The minimum absolute atomic E-state index is 0.101. The molecule has 21 heavy (non-hydrogen) atoms. The molecule has 3 nitrogen and oxygen atoms in total. The van der Waals surface area contributed by atoms with Crippen LogP contribution in [0.25, 0.3) is 0 Å². The van der Waals surface area contributed by atoms with Gasteiger partial charge in [0.25, 0.3) is 0 Å². The maximum absolute atomic E-state index is 13.5. The van der Waals surface area contributed by atoms with Crippen LogP contribution in [0.1, 0.15) is 22.8 Å². The Hall–Kier alpha value is -2.43. The number of halogens is 2. The van der Waals surface area contributed by atoms with Gasteiger partial charge in [0.1, 0.15) is 6.61 Å². The zero-order valence-electron chi connectivity index (χ0n) is 11.7. The number of hydrogen-bond donors (Lipinski definition) is 0. The zero-order valence-corrected chi connectivity index (χ0v) is 11.7. The summed E-state index contributed by atoms with van der Waals surface area (Å²) in [6.07, 6.45) is 0. The number of rotatable bonds is 5. The molecule has 0 saturated heterocycles. The van der Waals surface area contributed by atoms with Crippen molar-refractivity contribution >= 4 is 5.78 Å². The molecule has 0 aliphatic heterocycles. The molecule has 0 spiro atoms. The van der Waals surface area contributed by atoms with E-state index in [4.69, 9.17) is 9.47 Å². The van der Waals surface area contributed by atoms with Crippen LogP contribution in [-0.4, -0.2) is 12.9 Å². The molecule has 0 heterocycles. The Kier molecular flexibility index (Phi) is 4.52. The van der Waals surface area contributed by atoms with E-state index in [1.807, 2.05) is 0 Å². The van der Waals surface area contributed by atoms with E-state index in [1.54, 1.807) is 18.2 Å². The van der Waals surface area contributed by atoms with E-state index in [-0.39, 0.29) is 18.0 Å². The fourth-order valence-corrected chi connectivity index (χ4v) is 1.82. The van der Waals surface area contributed by atoms with Crippen LogP contribution in [0.3, 0.4) is 0 Å². The maximum atomic E-state index is 13.5. The van der Waals surface area contributed by atoms with Crippen molar-refractivity contribution in [3.05, 3.63) is 59.2 Å². The third-order valence-corrected chi connectivity index (χ3v) is 2.98. The van der Waals surface area contributed by atoms with Crippen LogP contribution in [0.15, 0.2) is 36.4 Å². The summed E-state index contributed by atoms with van der Waals surface area (Å²) in [6.45, 7) is 1.30. The van der Waals surface area contributed by atoms with Gasteiger partial charge in [-0.25, -0.2) is 8.78 Å².